The second-order valence-corrected chi connectivity index (χ2v) is 6.71. The minimum Gasteiger partial charge on any atom is -0.465 e. The van der Waals surface area contributed by atoms with E-state index in [-0.39, 0.29) is 50.4 Å². The third kappa shape index (κ3) is 4.11. The maximum atomic E-state index is 11.7. The predicted octanol–water partition coefficient (Wildman–Crippen LogP) is 1.78. The number of ether oxygens (including phenoxy) is 1. The first kappa shape index (κ1) is 17.7. The molecule has 3 amide bonds. The van der Waals surface area contributed by atoms with E-state index < -0.39 is 12.2 Å². The lowest BCUT2D eigenvalue weighted by molar-refractivity contribution is -0.142. The zero-order valence-electron chi connectivity index (χ0n) is 13.6. The second-order valence-electron chi connectivity index (χ2n) is 6.27. The maximum Gasteiger partial charge on any atom is 0.407 e. The van der Waals surface area contributed by atoms with Crippen LogP contribution >= 0.6 is 11.6 Å². The summed E-state index contributed by atoms with van der Waals surface area (Å²) in [5, 5.41) is 10.1. The van der Waals surface area contributed by atoms with Crippen LogP contribution in [0.4, 0.5) is 4.79 Å². The summed E-state index contributed by atoms with van der Waals surface area (Å²) in [5.41, 5.74) is 0.965. The maximum absolute atomic E-state index is 11.7. The Bertz CT molecular complexity index is 662. The van der Waals surface area contributed by atoms with Crippen molar-refractivity contribution in [3.8, 4) is 0 Å². The molecule has 8 heteroatoms. The number of likely N-dealkylation sites (tertiary alicyclic amines) is 1. The van der Waals surface area contributed by atoms with E-state index in [2.05, 4.69) is 0 Å². The van der Waals surface area contributed by atoms with Gasteiger partial charge in [-0.1, -0.05) is 23.7 Å². The lowest BCUT2D eigenvalue weighted by atomic mass is 10.0. The van der Waals surface area contributed by atoms with E-state index >= 15 is 0 Å². The predicted molar refractivity (Wildman–Crippen MR) is 89.4 cm³/mol. The molecule has 2 aliphatic rings. The van der Waals surface area contributed by atoms with Crippen LogP contribution in [0.5, 0.6) is 0 Å². The summed E-state index contributed by atoms with van der Waals surface area (Å²) >= 11 is 5.87. The average Bonchev–Trinajstić information content (AvgIpc) is 2.90. The minimum absolute atomic E-state index is 0.106. The molecule has 1 aromatic rings. The molecule has 0 radical (unpaired) electrons. The van der Waals surface area contributed by atoms with Gasteiger partial charge in [0.15, 0.2) is 0 Å². The fourth-order valence-electron chi connectivity index (χ4n) is 3.19. The van der Waals surface area contributed by atoms with Crippen LogP contribution in [-0.4, -0.2) is 64.7 Å². The number of imide groups is 1. The fourth-order valence-corrected chi connectivity index (χ4v) is 3.32. The molecule has 2 saturated heterocycles. The molecule has 0 spiro atoms. The van der Waals surface area contributed by atoms with Crippen molar-refractivity contribution in [3.63, 3.8) is 0 Å². The summed E-state index contributed by atoms with van der Waals surface area (Å²) in [7, 11) is 0. The largest absolute Gasteiger partial charge is 0.465 e. The van der Waals surface area contributed by atoms with E-state index in [1.165, 1.54) is 9.80 Å². The Hall–Kier alpha value is -2.12. The van der Waals surface area contributed by atoms with Crippen LogP contribution in [0.2, 0.25) is 5.02 Å². The van der Waals surface area contributed by atoms with E-state index in [9.17, 15) is 19.5 Å². The van der Waals surface area contributed by atoms with Gasteiger partial charge in [-0.3, -0.25) is 14.5 Å². The van der Waals surface area contributed by atoms with Crippen LogP contribution in [0, 0.1) is 0 Å². The smallest absolute Gasteiger partial charge is 0.407 e. The van der Waals surface area contributed by atoms with Gasteiger partial charge in [0.25, 0.3) is 0 Å². The fraction of sp³-hybridized carbons (Fsp3) is 0.471. The Morgan fingerprint density at radius 3 is 2.44 bits per heavy atom. The molecular weight excluding hydrogens is 348 g/mol. The van der Waals surface area contributed by atoms with Gasteiger partial charge >= 0.3 is 6.09 Å². The Morgan fingerprint density at radius 2 is 1.84 bits per heavy atom. The molecule has 2 atom stereocenters. The SMILES string of the molecule is O=C1CCC(=O)N1C[C@H]1CN(C(=O)O)[C@@H](Cc2ccc(Cl)cc2)CO1. The lowest BCUT2D eigenvalue weighted by Crippen LogP contribution is -2.55. The number of amides is 3. The van der Waals surface area contributed by atoms with Crippen molar-refractivity contribution in [2.24, 2.45) is 0 Å². The summed E-state index contributed by atoms with van der Waals surface area (Å²) < 4.78 is 5.75. The van der Waals surface area contributed by atoms with Crippen molar-refractivity contribution in [1.29, 1.82) is 0 Å². The van der Waals surface area contributed by atoms with Crippen molar-refractivity contribution in [2.75, 3.05) is 19.7 Å². The molecule has 1 N–H and O–H groups in total. The zero-order valence-corrected chi connectivity index (χ0v) is 14.3. The molecular formula is C17H19ClN2O5. The standard InChI is InChI=1S/C17H19ClN2O5/c18-12-3-1-11(2-4-12)7-13-10-25-14(8-19(13)17(23)24)9-20-15(21)5-6-16(20)22/h1-4,13-14H,5-10H2,(H,23,24)/t13-,14+/m0/s1. The lowest BCUT2D eigenvalue weighted by Gasteiger charge is -2.39. The Labute approximate surface area is 150 Å². The van der Waals surface area contributed by atoms with Crippen molar-refractivity contribution < 1.29 is 24.2 Å². The van der Waals surface area contributed by atoms with Crippen LogP contribution in [0.3, 0.4) is 0 Å². The number of carbonyl (C=O) groups excluding carboxylic acids is 2. The number of hydrogen-bond donors (Lipinski definition) is 1. The first-order chi connectivity index (χ1) is 11.9. The van der Waals surface area contributed by atoms with Gasteiger partial charge in [0, 0.05) is 17.9 Å². The molecule has 0 bridgehead atoms. The number of rotatable bonds is 4. The van der Waals surface area contributed by atoms with Crippen molar-refractivity contribution in [1.82, 2.24) is 9.80 Å². The molecule has 2 aliphatic heterocycles. The molecule has 0 unspecified atom stereocenters. The van der Waals surface area contributed by atoms with Crippen molar-refractivity contribution >= 4 is 29.5 Å². The van der Waals surface area contributed by atoms with Crippen LogP contribution in [-0.2, 0) is 20.7 Å². The highest BCUT2D eigenvalue weighted by atomic mass is 35.5. The third-order valence-electron chi connectivity index (χ3n) is 4.54. The molecule has 2 heterocycles. The summed E-state index contributed by atoms with van der Waals surface area (Å²) in [6, 6.07) is 6.92. The van der Waals surface area contributed by atoms with Gasteiger partial charge in [-0.2, -0.15) is 0 Å². The molecule has 2 fully saturated rings. The number of carbonyl (C=O) groups is 3. The summed E-state index contributed by atoms with van der Waals surface area (Å²) in [6.45, 7) is 0.454. The normalized spacial score (nSPS) is 24.0. The third-order valence-corrected chi connectivity index (χ3v) is 4.79. The van der Waals surface area contributed by atoms with E-state index in [4.69, 9.17) is 16.3 Å². The second kappa shape index (κ2) is 7.41. The number of nitrogens with zero attached hydrogens (tertiary/aromatic N) is 2. The molecule has 0 aliphatic carbocycles. The van der Waals surface area contributed by atoms with E-state index in [0.29, 0.717) is 11.4 Å². The van der Waals surface area contributed by atoms with Gasteiger partial charge in [-0.25, -0.2) is 4.79 Å². The molecule has 3 rings (SSSR count). The molecule has 7 nitrogen and oxygen atoms in total. The Kier molecular flexibility index (Phi) is 5.24. The van der Waals surface area contributed by atoms with Crippen molar-refractivity contribution in [3.05, 3.63) is 34.9 Å². The molecule has 25 heavy (non-hydrogen) atoms. The van der Waals surface area contributed by atoms with Gasteiger partial charge in [-0.15, -0.1) is 0 Å². The van der Waals surface area contributed by atoms with Crippen LogP contribution in [0.1, 0.15) is 18.4 Å². The first-order valence-electron chi connectivity index (χ1n) is 8.13. The number of morpholine rings is 1. The quantitative estimate of drug-likeness (QED) is 0.821. The molecule has 0 aromatic heterocycles. The van der Waals surface area contributed by atoms with Gasteiger partial charge in [-0.05, 0) is 24.1 Å². The van der Waals surface area contributed by atoms with Gasteiger partial charge < -0.3 is 14.7 Å². The molecule has 134 valence electrons. The Balaban J connectivity index is 1.64. The first-order valence-corrected chi connectivity index (χ1v) is 8.50. The minimum atomic E-state index is -1.04. The van der Waals surface area contributed by atoms with E-state index in [1.807, 2.05) is 12.1 Å². The summed E-state index contributed by atoms with van der Waals surface area (Å²) in [5.74, 6) is -0.447. The number of halogens is 1. The van der Waals surface area contributed by atoms with Gasteiger partial charge in [0.05, 0.1) is 31.8 Å². The van der Waals surface area contributed by atoms with E-state index in [1.54, 1.807) is 12.1 Å². The summed E-state index contributed by atoms with van der Waals surface area (Å²) in [4.78, 5) is 37.6. The van der Waals surface area contributed by atoms with Crippen LogP contribution < -0.4 is 0 Å². The number of benzene rings is 1. The van der Waals surface area contributed by atoms with Crippen LogP contribution in [0.25, 0.3) is 0 Å². The highest BCUT2D eigenvalue weighted by Crippen LogP contribution is 2.20. The Morgan fingerprint density at radius 1 is 1.20 bits per heavy atom. The zero-order chi connectivity index (χ0) is 18.0. The highest BCUT2D eigenvalue weighted by molar-refractivity contribution is 6.30. The number of carboxylic acid groups (broad SMARTS) is 1. The molecule has 0 saturated carbocycles. The van der Waals surface area contributed by atoms with Gasteiger partial charge in [0.2, 0.25) is 11.8 Å². The van der Waals surface area contributed by atoms with Crippen LogP contribution in [0.15, 0.2) is 24.3 Å². The monoisotopic (exact) mass is 366 g/mol. The topological polar surface area (TPSA) is 87.2 Å². The highest BCUT2D eigenvalue weighted by Gasteiger charge is 2.36. The molecule has 1 aromatic carbocycles. The average molecular weight is 367 g/mol. The van der Waals surface area contributed by atoms with Crippen molar-refractivity contribution in [2.45, 2.75) is 31.4 Å². The summed E-state index contributed by atoms with van der Waals surface area (Å²) in [6.07, 6.45) is -0.589. The van der Waals surface area contributed by atoms with Gasteiger partial charge in [0.1, 0.15) is 0 Å². The number of hydrogen-bond acceptors (Lipinski definition) is 4. The van der Waals surface area contributed by atoms with E-state index in [0.717, 1.165) is 5.56 Å².